The van der Waals surface area contributed by atoms with Crippen LogP contribution in [-0.2, 0) is 15.8 Å². The third-order valence-corrected chi connectivity index (χ3v) is 6.15. The van der Waals surface area contributed by atoms with Gasteiger partial charge in [0.2, 0.25) is 0 Å². The van der Waals surface area contributed by atoms with Crippen molar-refractivity contribution in [1.82, 2.24) is 0 Å². The van der Waals surface area contributed by atoms with Crippen LogP contribution in [0.3, 0.4) is 0 Å². The number of methoxy groups -OCH3 is 2. The van der Waals surface area contributed by atoms with Gasteiger partial charge in [0.05, 0.1) is 42.0 Å². The van der Waals surface area contributed by atoms with Crippen LogP contribution in [0, 0.1) is 0 Å². The monoisotopic (exact) mass is 533 g/mol. The SMILES string of the molecule is COc1cc(/C(O)=C2\C(=O)C(=O)N(c3ccc(C(F)(F)F)cc3)C2c2ccc(O)cc2)c(OC)cc1Cl. The molecule has 0 radical (unpaired) electrons. The van der Waals surface area contributed by atoms with E-state index in [1.54, 1.807) is 0 Å². The molecule has 4 rings (SSSR count). The molecule has 3 aromatic carbocycles. The van der Waals surface area contributed by atoms with Gasteiger partial charge in [-0.25, -0.2) is 0 Å². The number of alkyl halides is 3. The number of phenols is 1. The van der Waals surface area contributed by atoms with Gasteiger partial charge in [0, 0.05) is 11.8 Å². The van der Waals surface area contributed by atoms with Crippen LogP contribution in [0.2, 0.25) is 5.02 Å². The highest BCUT2D eigenvalue weighted by Crippen LogP contribution is 2.45. The van der Waals surface area contributed by atoms with E-state index in [4.69, 9.17) is 21.1 Å². The Bertz CT molecular complexity index is 1400. The summed E-state index contributed by atoms with van der Waals surface area (Å²) in [7, 11) is 2.66. The van der Waals surface area contributed by atoms with Crippen molar-refractivity contribution in [2.24, 2.45) is 0 Å². The molecule has 11 heteroatoms. The number of aliphatic hydroxyl groups is 1. The van der Waals surface area contributed by atoms with Crippen LogP contribution in [0.25, 0.3) is 5.76 Å². The molecule has 37 heavy (non-hydrogen) atoms. The van der Waals surface area contributed by atoms with Gasteiger partial charge in [-0.2, -0.15) is 13.2 Å². The fourth-order valence-corrected chi connectivity index (χ4v) is 4.30. The molecule has 1 unspecified atom stereocenters. The number of ketones is 1. The van der Waals surface area contributed by atoms with Crippen LogP contribution in [0.5, 0.6) is 17.2 Å². The Kier molecular flexibility index (Phi) is 6.79. The third-order valence-electron chi connectivity index (χ3n) is 5.86. The van der Waals surface area contributed by atoms with E-state index in [-0.39, 0.29) is 39.1 Å². The molecule has 0 aliphatic carbocycles. The van der Waals surface area contributed by atoms with E-state index < -0.39 is 35.2 Å². The van der Waals surface area contributed by atoms with Crippen molar-refractivity contribution >= 4 is 34.7 Å². The molecule has 7 nitrogen and oxygen atoms in total. The number of Topliss-reactive ketones (excluding diaryl/α,β-unsaturated/α-hetero) is 1. The van der Waals surface area contributed by atoms with Crippen molar-refractivity contribution in [3.63, 3.8) is 0 Å². The molecule has 3 aromatic rings. The number of amides is 1. The highest BCUT2D eigenvalue weighted by atomic mass is 35.5. The van der Waals surface area contributed by atoms with E-state index in [2.05, 4.69) is 0 Å². The van der Waals surface area contributed by atoms with Crippen LogP contribution in [0.1, 0.15) is 22.7 Å². The first-order chi connectivity index (χ1) is 17.5. The molecule has 2 N–H and O–H groups in total. The number of aliphatic hydroxyl groups excluding tert-OH is 1. The molecule has 1 saturated heterocycles. The quantitative estimate of drug-likeness (QED) is 0.248. The summed E-state index contributed by atoms with van der Waals surface area (Å²) in [5.74, 6) is -2.63. The second-order valence-corrected chi connectivity index (χ2v) is 8.40. The molecule has 0 saturated carbocycles. The number of halogens is 4. The second kappa shape index (κ2) is 9.70. The summed E-state index contributed by atoms with van der Waals surface area (Å²) in [5, 5.41) is 21.2. The van der Waals surface area contributed by atoms with E-state index in [0.29, 0.717) is 5.56 Å². The molecule has 1 atom stereocenters. The second-order valence-electron chi connectivity index (χ2n) is 7.99. The number of aromatic hydroxyl groups is 1. The molecule has 0 bridgehead atoms. The number of hydrogen-bond acceptors (Lipinski definition) is 6. The minimum absolute atomic E-state index is 0.00190. The summed E-state index contributed by atoms with van der Waals surface area (Å²) in [4.78, 5) is 27.4. The lowest BCUT2D eigenvalue weighted by molar-refractivity contribution is -0.137. The van der Waals surface area contributed by atoms with E-state index in [0.717, 1.165) is 29.2 Å². The van der Waals surface area contributed by atoms with E-state index >= 15 is 0 Å². The molecule has 192 valence electrons. The molecule has 1 amide bonds. The fraction of sp³-hybridized carbons (Fsp3) is 0.154. The summed E-state index contributed by atoms with van der Waals surface area (Å²) in [6.07, 6.45) is -4.60. The normalized spacial score (nSPS) is 17.2. The first-order valence-corrected chi connectivity index (χ1v) is 11.0. The minimum Gasteiger partial charge on any atom is -0.508 e. The van der Waals surface area contributed by atoms with Gasteiger partial charge in [-0.05, 0) is 48.0 Å². The Labute approximate surface area is 213 Å². The number of phenolic OH excluding ortho intramolecular Hbond substituents is 1. The van der Waals surface area contributed by atoms with Gasteiger partial charge in [-0.3, -0.25) is 14.5 Å². The molecule has 0 spiro atoms. The van der Waals surface area contributed by atoms with Crippen molar-refractivity contribution < 1.29 is 42.4 Å². The lowest BCUT2D eigenvalue weighted by Crippen LogP contribution is -2.29. The predicted molar refractivity (Wildman–Crippen MR) is 129 cm³/mol. The maximum Gasteiger partial charge on any atom is 0.416 e. The Morgan fingerprint density at radius 2 is 1.54 bits per heavy atom. The summed E-state index contributed by atoms with van der Waals surface area (Å²) in [6, 6.07) is 10.6. The first-order valence-electron chi connectivity index (χ1n) is 10.7. The molecular formula is C26H19ClF3NO6. The number of hydrogen-bond donors (Lipinski definition) is 2. The fourth-order valence-electron chi connectivity index (χ4n) is 4.07. The maximum absolute atomic E-state index is 13.3. The smallest absolute Gasteiger partial charge is 0.416 e. The zero-order valence-electron chi connectivity index (χ0n) is 19.3. The van der Waals surface area contributed by atoms with Crippen molar-refractivity contribution in [3.05, 3.63) is 87.9 Å². The average Bonchev–Trinajstić information content (AvgIpc) is 3.13. The Morgan fingerprint density at radius 1 is 0.946 bits per heavy atom. The largest absolute Gasteiger partial charge is 0.508 e. The number of carbonyl (C=O) groups is 2. The predicted octanol–water partition coefficient (Wildman–Crippen LogP) is 5.71. The van der Waals surface area contributed by atoms with E-state index in [9.17, 15) is 33.0 Å². The number of nitrogens with zero attached hydrogens (tertiary/aromatic N) is 1. The Hall–Kier alpha value is -4.18. The van der Waals surface area contributed by atoms with Crippen LogP contribution in [0.4, 0.5) is 18.9 Å². The average molecular weight is 534 g/mol. The molecule has 1 aliphatic heterocycles. The van der Waals surface area contributed by atoms with Gasteiger partial charge < -0.3 is 19.7 Å². The number of ether oxygens (including phenoxy) is 2. The number of carbonyl (C=O) groups excluding carboxylic acids is 2. The van der Waals surface area contributed by atoms with E-state index in [1.807, 2.05) is 0 Å². The van der Waals surface area contributed by atoms with Crippen molar-refractivity contribution in [2.75, 3.05) is 19.1 Å². The van der Waals surface area contributed by atoms with Crippen LogP contribution in [-0.4, -0.2) is 36.1 Å². The topological polar surface area (TPSA) is 96.3 Å². The van der Waals surface area contributed by atoms with Crippen LogP contribution in [0.15, 0.2) is 66.2 Å². The lowest BCUT2D eigenvalue weighted by atomic mass is 9.94. The summed E-state index contributed by atoms with van der Waals surface area (Å²) < 4.78 is 49.8. The standard InChI is InChI=1S/C26H19ClF3NO6/c1-36-19-12-18(27)20(37-2)11-17(19)23(33)21-22(13-3-9-16(32)10-4-13)31(25(35)24(21)34)15-7-5-14(6-8-15)26(28,29)30/h3-12,22,32-33H,1-2H3/b23-21+. The van der Waals surface area contributed by atoms with Crippen molar-refractivity contribution in [2.45, 2.75) is 12.2 Å². The molecule has 1 fully saturated rings. The Balaban J connectivity index is 1.96. The zero-order valence-corrected chi connectivity index (χ0v) is 20.1. The highest BCUT2D eigenvalue weighted by Gasteiger charge is 2.47. The number of benzene rings is 3. The zero-order chi connectivity index (χ0) is 27.1. The minimum atomic E-state index is -4.60. The molecule has 1 heterocycles. The van der Waals surface area contributed by atoms with Crippen molar-refractivity contribution in [1.29, 1.82) is 0 Å². The highest BCUT2D eigenvalue weighted by molar-refractivity contribution is 6.51. The van der Waals surface area contributed by atoms with Crippen LogP contribution >= 0.6 is 11.6 Å². The third kappa shape index (κ3) is 4.67. The molecule has 1 aliphatic rings. The number of anilines is 1. The van der Waals surface area contributed by atoms with Gasteiger partial charge in [0.25, 0.3) is 11.7 Å². The van der Waals surface area contributed by atoms with E-state index in [1.165, 1.54) is 50.6 Å². The van der Waals surface area contributed by atoms with Gasteiger partial charge in [-0.15, -0.1) is 0 Å². The van der Waals surface area contributed by atoms with Gasteiger partial charge in [0.15, 0.2) is 0 Å². The molecular weight excluding hydrogens is 515 g/mol. The summed E-state index contributed by atoms with van der Waals surface area (Å²) >= 11 is 6.15. The first kappa shape index (κ1) is 25.9. The maximum atomic E-state index is 13.3. The summed E-state index contributed by atoms with van der Waals surface area (Å²) in [6.45, 7) is 0. The number of rotatable bonds is 5. The summed E-state index contributed by atoms with van der Waals surface area (Å²) in [5.41, 5.74) is -0.991. The van der Waals surface area contributed by atoms with Crippen LogP contribution < -0.4 is 14.4 Å². The van der Waals surface area contributed by atoms with Gasteiger partial charge in [0.1, 0.15) is 23.0 Å². The molecule has 0 aromatic heterocycles. The Morgan fingerprint density at radius 3 is 2.08 bits per heavy atom. The van der Waals surface area contributed by atoms with Gasteiger partial charge >= 0.3 is 6.18 Å². The van der Waals surface area contributed by atoms with Crippen molar-refractivity contribution in [3.8, 4) is 17.2 Å². The lowest BCUT2D eigenvalue weighted by Gasteiger charge is -2.26. The van der Waals surface area contributed by atoms with Gasteiger partial charge in [-0.1, -0.05) is 23.7 Å².